The van der Waals surface area contributed by atoms with Crippen LogP contribution < -0.4 is 4.74 Å². The SMILES string of the molecule is CCCCOc1ccc(-c2nn(-c3ccccc3)cc2/C=C2\SC(=S)N(C[C@@H]3CCCO3)C2=O)cc1. The summed E-state index contributed by atoms with van der Waals surface area (Å²) in [5.74, 6) is 0.768. The highest BCUT2D eigenvalue weighted by Gasteiger charge is 2.35. The molecular formula is C28H29N3O3S2. The molecule has 2 aliphatic heterocycles. The molecule has 3 aromatic rings. The van der Waals surface area contributed by atoms with Crippen molar-refractivity contribution in [3.05, 3.63) is 71.3 Å². The Labute approximate surface area is 221 Å². The lowest BCUT2D eigenvalue weighted by atomic mass is 10.1. The molecule has 36 heavy (non-hydrogen) atoms. The first kappa shape index (κ1) is 24.7. The van der Waals surface area contributed by atoms with Crippen molar-refractivity contribution in [2.24, 2.45) is 0 Å². The van der Waals surface area contributed by atoms with Crippen LogP contribution >= 0.6 is 24.0 Å². The van der Waals surface area contributed by atoms with Crippen molar-refractivity contribution in [1.82, 2.24) is 14.7 Å². The summed E-state index contributed by atoms with van der Waals surface area (Å²) in [6.07, 6.45) is 8.03. The zero-order valence-corrected chi connectivity index (χ0v) is 21.9. The van der Waals surface area contributed by atoms with Gasteiger partial charge in [0, 0.05) is 23.9 Å². The maximum absolute atomic E-state index is 13.3. The number of hydrogen-bond donors (Lipinski definition) is 0. The van der Waals surface area contributed by atoms with Gasteiger partial charge >= 0.3 is 0 Å². The van der Waals surface area contributed by atoms with Crippen molar-refractivity contribution in [3.63, 3.8) is 0 Å². The van der Waals surface area contributed by atoms with Crippen LogP contribution in [-0.4, -0.2) is 50.8 Å². The van der Waals surface area contributed by atoms with Gasteiger partial charge in [0.25, 0.3) is 5.91 Å². The molecule has 0 N–H and O–H groups in total. The number of ether oxygens (including phenoxy) is 2. The number of thiocarbonyl (C=S) groups is 1. The van der Waals surface area contributed by atoms with E-state index in [-0.39, 0.29) is 12.0 Å². The number of carbonyl (C=O) groups is 1. The highest BCUT2D eigenvalue weighted by Crippen LogP contribution is 2.36. The van der Waals surface area contributed by atoms with E-state index in [1.807, 2.05) is 71.6 Å². The molecule has 0 aliphatic carbocycles. The minimum absolute atomic E-state index is 0.0568. The molecule has 2 saturated heterocycles. The lowest BCUT2D eigenvalue weighted by Crippen LogP contribution is -2.35. The first-order chi connectivity index (χ1) is 17.6. The standard InChI is InChI=1S/C28H29N3O3S2/c1-2-3-15-33-23-13-11-20(12-14-23)26-21(18-31(29-26)22-8-5-4-6-9-22)17-25-27(32)30(28(35)36-25)19-24-10-7-16-34-24/h4-6,8-9,11-14,17-18,24H,2-3,7,10,15-16,19H2,1H3/b25-17-/t24-/m0/s1. The van der Waals surface area contributed by atoms with Gasteiger partial charge in [-0.3, -0.25) is 9.69 Å². The molecule has 2 fully saturated rings. The summed E-state index contributed by atoms with van der Waals surface area (Å²) in [6.45, 7) is 4.11. The van der Waals surface area contributed by atoms with Crippen LogP contribution in [0.15, 0.2) is 65.7 Å². The lowest BCUT2D eigenvalue weighted by Gasteiger charge is -2.18. The van der Waals surface area contributed by atoms with Gasteiger partial charge in [0.15, 0.2) is 0 Å². The van der Waals surface area contributed by atoms with Crippen LogP contribution in [-0.2, 0) is 9.53 Å². The van der Waals surface area contributed by atoms with Gasteiger partial charge in [-0.25, -0.2) is 4.68 Å². The van der Waals surface area contributed by atoms with Crippen LogP contribution in [0.5, 0.6) is 5.75 Å². The monoisotopic (exact) mass is 519 g/mol. The number of unbranched alkanes of at least 4 members (excludes halogenated alkanes) is 1. The number of aromatic nitrogens is 2. The van der Waals surface area contributed by atoms with E-state index in [0.717, 1.165) is 60.5 Å². The van der Waals surface area contributed by atoms with Crippen molar-refractivity contribution < 1.29 is 14.3 Å². The van der Waals surface area contributed by atoms with E-state index in [0.29, 0.717) is 22.4 Å². The van der Waals surface area contributed by atoms with Crippen molar-refractivity contribution in [1.29, 1.82) is 0 Å². The second kappa shape index (κ2) is 11.4. The van der Waals surface area contributed by atoms with Crippen molar-refractivity contribution >= 4 is 40.3 Å². The smallest absolute Gasteiger partial charge is 0.266 e. The van der Waals surface area contributed by atoms with Crippen molar-refractivity contribution in [3.8, 4) is 22.7 Å². The molecule has 1 aromatic heterocycles. The van der Waals surface area contributed by atoms with E-state index in [2.05, 4.69) is 6.92 Å². The predicted octanol–water partition coefficient (Wildman–Crippen LogP) is 6.10. The lowest BCUT2D eigenvalue weighted by molar-refractivity contribution is -0.123. The van der Waals surface area contributed by atoms with E-state index in [1.165, 1.54) is 11.8 Å². The molecule has 5 rings (SSSR count). The Morgan fingerprint density at radius 3 is 2.72 bits per heavy atom. The Morgan fingerprint density at radius 2 is 2.00 bits per heavy atom. The molecule has 0 spiro atoms. The Bertz CT molecular complexity index is 1250. The van der Waals surface area contributed by atoms with E-state index >= 15 is 0 Å². The molecule has 1 atom stereocenters. The normalized spacial score (nSPS) is 19.0. The zero-order valence-electron chi connectivity index (χ0n) is 20.3. The number of hydrogen-bond acceptors (Lipinski definition) is 6. The van der Waals surface area contributed by atoms with Crippen LogP contribution in [0.25, 0.3) is 23.0 Å². The number of carbonyl (C=O) groups excluding carboxylic acids is 1. The summed E-state index contributed by atoms with van der Waals surface area (Å²) in [6, 6.07) is 17.9. The maximum atomic E-state index is 13.3. The first-order valence-electron chi connectivity index (χ1n) is 12.4. The largest absolute Gasteiger partial charge is 0.494 e. The molecule has 2 aromatic carbocycles. The summed E-state index contributed by atoms with van der Waals surface area (Å²) in [7, 11) is 0. The highest BCUT2D eigenvalue weighted by atomic mass is 32.2. The van der Waals surface area contributed by atoms with E-state index < -0.39 is 0 Å². The van der Waals surface area contributed by atoms with Crippen LogP contribution in [0.4, 0.5) is 0 Å². The van der Waals surface area contributed by atoms with Crippen LogP contribution in [0, 0.1) is 0 Å². The maximum Gasteiger partial charge on any atom is 0.266 e. The number of rotatable bonds is 9. The Kier molecular flexibility index (Phi) is 7.84. The predicted molar refractivity (Wildman–Crippen MR) is 148 cm³/mol. The molecule has 2 aliphatic rings. The van der Waals surface area contributed by atoms with Crippen molar-refractivity contribution in [2.45, 2.75) is 38.7 Å². The van der Waals surface area contributed by atoms with Gasteiger partial charge in [-0.1, -0.05) is 55.5 Å². The van der Waals surface area contributed by atoms with Gasteiger partial charge in [-0.2, -0.15) is 5.10 Å². The van der Waals surface area contributed by atoms with E-state index in [4.69, 9.17) is 26.8 Å². The Hall–Kier alpha value is -2.94. The molecule has 186 valence electrons. The number of nitrogens with zero attached hydrogens (tertiary/aromatic N) is 3. The summed E-state index contributed by atoms with van der Waals surface area (Å²) < 4.78 is 14.0. The number of benzene rings is 2. The fraction of sp³-hybridized carbons (Fsp3) is 0.321. The molecule has 6 nitrogen and oxygen atoms in total. The second-order valence-electron chi connectivity index (χ2n) is 8.87. The van der Waals surface area contributed by atoms with Gasteiger partial charge in [0.05, 0.1) is 35.5 Å². The average molecular weight is 520 g/mol. The zero-order chi connectivity index (χ0) is 24.9. The van der Waals surface area contributed by atoms with Gasteiger partial charge in [-0.15, -0.1) is 0 Å². The molecule has 0 saturated carbocycles. The van der Waals surface area contributed by atoms with Gasteiger partial charge in [0.1, 0.15) is 10.1 Å². The number of para-hydroxylation sites is 1. The quantitative estimate of drug-likeness (QED) is 0.193. The van der Waals surface area contributed by atoms with Gasteiger partial charge in [-0.05, 0) is 61.7 Å². The Balaban J connectivity index is 1.45. The highest BCUT2D eigenvalue weighted by molar-refractivity contribution is 8.26. The number of amides is 1. The molecule has 0 unspecified atom stereocenters. The summed E-state index contributed by atoms with van der Waals surface area (Å²) in [4.78, 5) is 15.5. The van der Waals surface area contributed by atoms with Crippen molar-refractivity contribution in [2.75, 3.05) is 19.8 Å². The third-order valence-corrected chi connectivity index (χ3v) is 7.61. The third-order valence-electron chi connectivity index (χ3n) is 6.23. The minimum atomic E-state index is -0.0708. The summed E-state index contributed by atoms with van der Waals surface area (Å²) >= 11 is 6.89. The molecule has 0 radical (unpaired) electrons. The summed E-state index contributed by atoms with van der Waals surface area (Å²) in [5.41, 5.74) is 3.55. The second-order valence-corrected chi connectivity index (χ2v) is 10.5. The molecule has 3 heterocycles. The third kappa shape index (κ3) is 5.56. The van der Waals surface area contributed by atoms with Crippen LogP contribution in [0.1, 0.15) is 38.2 Å². The topological polar surface area (TPSA) is 56.6 Å². The first-order valence-corrected chi connectivity index (χ1v) is 13.6. The fourth-order valence-electron chi connectivity index (χ4n) is 4.26. The van der Waals surface area contributed by atoms with Gasteiger partial charge in [0.2, 0.25) is 0 Å². The average Bonchev–Trinajstić information content (AvgIpc) is 3.63. The summed E-state index contributed by atoms with van der Waals surface area (Å²) in [5, 5.41) is 4.89. The minimum Gasteiger partial charge on any atom is -0.494 e. The molecular weight excluding hydrogens is 490 g/mol. The molecule has 0 bridgehead atoms. The van der Waals surface area contributed by atoms with Crippen LogP contribution in [0.3, 0.4) is 0 Å². The fourth-order valence-corrected chi connectivity index (χ4v) is 5.53. The van der Waals surface area contributed by atoms with Crippen LogP contribution in [0.2, 0.25) is 0 Å². The Morgan fingerprint density at radius 1 is 1.19 bits per heavy atom. The van der Waals surface area contributed by atoms with Gasteiger partial charge < -0.3 is 9.47 Å². The molecule has 8 heteroatoms. The van der Waals surface area contributed by atoms with E-state index in [1.54, 1.807) is 4.90 Å². The number of thioether (sulfide) groups is 1. The molecule has 1 amide bonds. The van der Waals surface area contributed by atoms with E-state index in [9.17, 15) is 4.79 Å².